The third kappa shape index (κ3) is 4.32. The number of anilines is 2. The number of carbonyl (C=O) groups is 2. The third-order valence-electron chi connectivity index (χ3n) is 4.51. The maximum Gasteiger partial charge on any atom is 0.227 e. The summed E-state index contributed by atoms with van der Waals surface area (Å²) >= 11 is 1.38. The van der Waals surface area contributed by atoms with Crippen molar-refractivity contribution in [2.45, 2.75) is 19.8 Å². The highest BCUT2D eigenvalue weighted by atomic mass is 32.1. The molecule has 4 rings (SSSR count). The molecule has 0 saturated heterocycles. The molecular formula is C21H21N3O4S. The highest BCUT2D eigenvalue weighted by Gasteiger charge is 2.23. The second kappa shape index (κ2) is 8.48. The summed E-state index contributed by atoms with van der Waals surface area (Å²) in [5.74, 6) is 1.14. The van der Waals surface area contributed by atoms with Gasteiger partial charge in [0.1, 0.15) is 18.1 Å². The molecule has 1 N–H and O–H groups in total. The van der Waals surface area contributed by atoms with Gasteiger partial charge in [0.2, 0.25) is 11.8 Å². The average Bonchev–Trinajstić information content (AvgIpc) is 3.13. The van der Waals surface area contributed by atoms with Crippen LogP contribution in [0.1, 0.15) is 19.8 Å². The lowest BCUT2D eigenvalue weighted by Gasteiger charge is -2.29. The molecule has 2 aromatic carbocycles. The quantitative estimate of drug-likeness (QED) is 0.667. The standard InChI is InChI=1S/C21H21N3O4S/c1-2-27-14-7-8-15-18(13-14)29-21(22-15)23-19(25)9-10-20(26)24-11-12-28-17-6-4-3-5-16(17)24/h3-8,13H,2,9-12H2,1H3,(H,22,23,25). The summed E-state index contributed by atoms with van der Waals surface area (Å²) in [4.78, 5) is 31.0. The number of thiazole rings is 1. The first-order valence-electron chi connectivity index (χ1n) is 9.49. The normalized spacial score (nSPS) is 12.9. The fourth-order valence-corrected chi connectivity index (χ4v) is 4.09. The molecule has 29 heavy (non-hydrogen) atoms. The number of nitrogens with zero attached hydrogens (tertiary/aromatic N) is 2. The maximum absolute atomic E-state index is 12.6. The van der Waals surface area contributed by atoms with E-state index in [0.717, 1.165) is 21.7 Å². The summed E-state index contributed by atoms with van der Waals surface area (Å²) in [5, 5.41) is 3.31. The molecule has 1 aromatic heterocycles. The summed E-state index contributed by atoms with van der Waals surface area (Å²) in [6.07, 6.45) is 0.220. The summed E-state index contributed by atoms with van der Waals surface area (Å²) < 4.78 is 12.0. The highest BCUT2D eigenvalue weighted by molar-refractivity contribution is 7.22. The number of fused-ring (bicyclic) bond motifs is 2. The molecule has 0 spiro atoms. The minimum Gasteiger partial charge on any atom is -0.494 e. The van der Waals surface area contributed by atoms with Gasteiger partial charge in [-0.1, -0.05) is 23.5 Å². The monoisotopic (exact) mass is 411 g/mol. The van der Waals surface area contributed by atoms with E-state index in [1.165, 1.54) is 11.3 Å². The van der Waals surface area contributed by atoms with Gasteiger partial charge in [-0.15, -0.1) is 0 Å². The number of hydrogen-bond acceptors (Lipinski definition) is 6. The molecule has 1 aliphatic heterocycles. The van der Waals surface area contributed by atoms with Crippen LogP contribution in [0.15, 0.2) is 42.5 Å². The van der Waals surface area contributed by atoms with Crippen LogP contribution < -0.4 is 19.7 Å². The molecule has 1 aliphatic rings. The number of amides is 2. The first-order valence-corrected chi connectivity index (χ1v) is 10.3. The van der Waals surface area contributed by atoms with Gasteiger partial charge < -0.3 is 19.7 Å². The van der Waals surface area contributed by atoms with E-state index in [-0.39, 0.29) is 24.7 Å². The van der Waals surface area contributed by atoms with Crippen LogP contribution in [0.25, 0.3) is 10.2 Å². The lowest BCUT2D eigenvalue weighted by atomic mass is 10.2. The van der Waals surface area contributed by atoms with E-state index in [2.05, 4.69) is 10.3 Å². The van der Waals surface area contributed by atoms with Crippen molar-refractivity contribution in [2.24, 2.45) is 0 Å². The number of para-hydroxylation sites is 2. The molecule has 0 atom stereocenters. The Labute approximate surface area is 172 Å². The van der Waals surface area contributed by atoms with Crippen molar-refractivity contribution in [1.29, 1.82) is 0 Å². The molecule has 0 radical (unpaired) electrons. The molecule has 0 unspecified atom stereocenters. The largest absolute Gasteiger partial charge is 0.494 e. The molecule has 0 aliphatic carbocycles. The van der Waals surface area contributed by atoms with Crippen molar-refractivity contribution in [3.8, 4) is 11.5 Å². The van der Waals surface area contributed by atoms with Gasteiger partial charge in [0.05, 0.1) is 29.1 Å². The van der Waals surface area contributed by atoms with Crippen molar-refractivity contribution in [1.82, 2.24) is 4.98 Å². The number of benzene rings is 2. The zero-order valence-electron chi connectivity index (χ0n) is 16.0. The smallest absolute Gasteiger partial charge is 0.227 e. The van der Waals surface area contributed by atoms with E-state index < -0.39 is 0 Å². The second-order valence-electron chi connectivity index (χ2n) is 6.49. The fraction of sp³-hybridized carbons (Fsp3) is 0.286. The fourth-order valence-electron chi connectivity index (χ4n) is 3.18. The Bertz CT molecular complexity index is 1050. The van der Waals surface area contributed by atoms with E-state index >= 15 is 0 Å². The van der Waals surface area contributed by atoms with Crippen LogP contribution in [0.4, 0.5) is 10.8 Å². The van der Waals surface area contributed by atoms with Gasteiger partial charge in [-0.2, -0.15) is 0 Å². The van der Waals surface area contributed by atoms with Gasteiger partial charge in [-0.25, -0.2) is 4.98 Å². The highest BCUT2D eigenvalue weighted by Crippen LogP contribution is 2.32. The van der Waals surface area contributed by atoms with Crippen LogP contribution in [0.3, 0.4) is 0 Å². The van der Waals surface area contributed by atoms with Gasteiger partial charge in [0, 0.05) is 12.8 Å². The van der Waals surface area contributed by atoms with Crippen LogP contribution in [0.2, 0.25) is 0 Å². The van der Waals surface area contributed by atoms with Gasteiger partial charge in [-0.3, -0.25) is 9.59 Å². The topological polar surface area (TPSA) is 80.8 Å². The second-order valence-corrected chi connectivity index (χ2v) is 7.52. The average molecular weight is 411 g/mol. The Morgan fingerprint density at radius 2 is 2.10 bits per heavy atom. The van der Waals surface area contributed by atoms with Crippen molar-refractivity contribution in [2.75, 3.05) is 30.0 Å². The number of nitrogens with one attached hydrogen (secondary N) is 1. The first kappa shape index (κ1) is 19.2. The van der Waals surface area contributed by atoms with E-state index in [4.69, 9.17) is 9.47 Å². The summed E-state index contributed by atoms with van der Waals surface area (Å²) in [6, 6.07) is 13.1. The molecule has 2 amide bonds. The van der Waals surface area contributed by atoms with E-state index in [0.29, 0.717) is 30.6 Å². The first-order chi connectivity index (χ1) is 14.1. The Morgan fingerprint density at radius 3 is 2.97 bits per heavy atom. The molecule has 0 fully saturated rings. The van der Waals surface area contributed by atoms with Crippen LogP contribution >= 0.6 is 11.3 Å². The molecule has 2 heterocycles. The van der Waals surface area contributed by atoms with E-state index in [1.807, 2.05) is 49.4 Å². The Balaban J connectivity index is 1.36. The van der Waals surface area contributed by atoms with Gasteiger partial charge >= 0.3 is 0 Å². The molecule has 3 aromatic rings. The zero-order chi connectivity index (χ0) is 20.2. The SMILES string of the molecule is CCOc1ccc2nc(NC(=O)CCC(=O)N3CCOc4ccccc43)sc2c1. The number of ether oxygens (including phenoxy) is 2. The summed E-state index contributed by atoms with van der Waals surface area (Å²) in [5.41, 5.74) is 1.55. The molecule has 150 valence electrons. The number of hydrogen-bond donors (Lipinski definition) is 1. The Hall–Kier alpha value is -3.13. The van der Waals surface area contributed by atoms with Crippen LogP contribution in [0, 0.1) is 0 Å². The predicted octanol–water partition coefficient (Wildman–Crippen LogP) is 3.84. The van der Waals surface area contributed by atoms with Crippen molar-refractivity contribution >= 4 is 44.2 Å². The van der Waals surface area contributed by atoms with E-state index in [1.54, 1.807) is 4.90 Å². The van der Waals surface area contributed by atoms with Crippen LogP contribution in [-0.4, -0.2) is 36.6 Å². The molecule has 0 bridgehead atoms. The molecule has 8 heteroatoms. The zero-order valence-corrected chi connectivity index (χ0v) is 16.8. The Morgan fingerprint density at radius 1 is 1.24 bits per heavy atom. The molecular weight excluding hydrogens is 390 g/mol. The van der Waals surface area contributed by atoms with Crippen molar-refractivity contribution in [3.63, 3.8) is 0 Å². The van der Waals surface area contributed by atoms with Gasteiger partial charge in [0.15, 0.2) is 5.13 Å². The van der Waals surface area contributed by atoms with Gasteiger partial charge in [0.25, 0.3) is 0 Å². The van der Waals surface area contributed by atoms with Crippen molar-refractivity contribution in [3.05, 3.63) is 42.5 Å². The Kier molecular flexibility index (Phi) is 5.62. The molecule has 0 saturated carbocycles. The third-order valence-corrected chi connectivity index (χ3v) is 5.45. The lowest BCUT2D eigenvalue weighted by Crippen LogP contribution is -2.38. The minimum atomic E-state index is -0.232. The van der Waals surface area contributed by atoms with Crippen LogP contribution in [-0.2, 0) is 9.59 Å². The number of rotatable bonds is 6. The lowest BCUT2D eigenvalue weighted by molar-refractivity contribution is -0.122. The van der Waals surface area contributed by atoms with Gasteiger partial charge in [-0.05, 0) is 37.3 Å². The van der Waals surface area contributed by atoms with Crippen LogP contribution in [0.5, 0.6) is 11.5 Å². The maximum atomic E-state index is 12.6. The minimum absolute atomic E-state index is 0.0957. The van der Waals surface area contributed by atoms with E-state index in [9.17, 15) is 9.59 Å². The number of aromatic nitrogens is 1. The summed E-state index contributed by atoms with van der Waals surface area (Å²) in [7, 11) is 0. The predicted molar refractivity (Wildman–Crippen MR) is 113 cm³/mol. The summed E-state index contributed by atoms with van der Waals surface area (Å²) in [6.45, 7) is 3.46. The number of carbonyl (C=O) groups excluding carboxylic acids is 2. The molecule has 7 nitrogen and oxygen atoms in total. The van der Waals surface area contributed by atoms with Crippen molar-refractivity contribution < 1.29 is 19.1 Å².